The molecule has 0 aromatic heterocycles. The van der Waals surface area contributed by atoms with Crippen LogP contribution in [0, 0.1) is 10.8 Å². The minimum absolute atomic E-state index is 0.205. The molecule has 96 valence electrons. The quantitative estimate of drug-likeness (QED) is 0.690. The highest BCUT2D eigenvalue weighted by molar-refractivity contribution is 5.65. The number of aldehydes is 1. The molecule has 1 unspecified atom stereocenters. The van der Waals surface area contributed by atoms with Gasteiger partial charge in [-0.25, -0.2) is 0 Å². The lowest BCUT2D eigenvalue weighted by Crippen LogP contribution is -2.44. The summed E-state index contributed by atoms with van der Waals surface area (Å²) in [7, 11) is 0. The Balaban J connectivity index is 2.29. The van der Waals surface area contributed by atoms with Gasteiger partial charge in [0.2, 0.25) is 0 Å². The van der Waals surface area contributed by atoms with Gasteiger partial charge >= 0.3 is 0 Å². The summed E-state index contributed by atoms with van der Waals surface area (Å²) in [6, 6.07) is 0. The third-order valence-corrected chi connectivity index (χ3v) is 4.01. The minimum atomic E-state index is -0.299. The Bertz CT molecular complexity index is 329. The second kappa shape index (κ2) is 4.45. The van der Waals surface area contributed by atoms with E-state index in [0.29, 0.717) is 0 Å². The number of morpholine rings is 1. The molecule has 1 fully saturated rings. The fraction of sp³-hybridized carbons (Fsp3) is 0.786. The Kier molecular flexibility index (Phi) is 3.30. The number of rotatable bonds is 2. The SMILES string of the molecule is CC1(C)C=C(N2CCOCC2)C(C)(C=O)CC1. The number of allylic oxidation sites excluding steroid dienone is 2. The molecule has 1 aliphatic heterocycles. The molecular weight excluding hydrogens is 214 g/mol. The summed E-state index contributed by atoms with van der Waals surface area (Å²) in [6.07, 6.45) is 5.46. The van der Waals surface area contributed by atoms with E-state index in [1.54, 1.807) is 0 Å². The second-order valence-electron chi connectivity index (χ2n) is 6.15. The molecule has 0 saturated carbocycles. The Hall–Kier alpha value is -0.830. The molecule has 1 aliphatic carbocycles. The predicted molar refractivity (Wildman–Crippen MR) is 67.7 cm³/mol. The smallest absolute Gasteiger partial charge is 0.131 e. The molecule has 0 N–H and O–H groups in total. The van der Waals surface area contributed by atoms with Crippen LogP contribution < -0.4 is 0 Å². The van der Waals surface area contributed by atoms with E-state index in [-0.39, 0.29) is 10.8 Å². The molecule has 1 heterocycles. The van der Waals surface area contributed by atoms with E-state index in [1.807, 2.05) is 0 Å². The van der Waals surface area contributed by atoms with Crippen LogP contribution in [0.1, 0.15) is 33.6 Å². The van der Waals surface area contributed by atoms with Crippen molar-refractivity contribution >= 4 is 6.29 Å². The molecule has 0 amide bonds. The highest BCUT2D eigenvalue weighted by atomic mass is 16.5. The van der Waals surface area contributed by atoms with Gasteiger partial charge in [-0.1, -0.05) is 19.9 Å². The summed E-state index contributed by atoms with van der Waals surface area (Å²) in [6.45, 7) is 9.92. The Morgan fingerprint density at radius 3 is 2.47 bits per heavy atom. The fourth-order valence-corrected chi connectivity index (χ4v) is 2.69. The van der Waals surface area contributed by atoms with Gasteiger partial charge in [-0.3, -0.25) is 0 Å². The molecule has 2 rings (SSSR count). The van der Waals surface area contributed by atoms with Crippen LogP contribution in [0.25, 0.3) is 0 Å². The zero-order chi connectivity index (χ0) is 12.5. The summed E-state index contributed by atoms with van der Waals surface area (Å²) in [5.74, 6) is 0. The van der Waals surface area contributed by atoms with Crippen LogP contribution in [0.4, 0.5) is 0 Å². The molecule has 1 saturated heterocycles. The van der Waals surface area contributed by atoms with Crippen LogP contribution in [0.15, 0.2) is 11.8 Å². The third kappa shape index (κ3) is 2.54. The number of nitrogens with zero attached hydrogens (tertiary/aromatic N) is 1. The monoisotopic (exact) mass is 237 g/mol. The zero-order valence-corrected chi connectivity index (χ0v) is 11.2. The molecule has 0 spiro atoms. The Morgan fingerprint density at radius 1 is 1.24 bits per heavy atom. The first kappa shape index (κ1) is 12.6. The van der Waals surface area contributed by atoms with E-state index in [1.165, 1.54) is 5.70 Å². The van der Waals surface area contributed by atoms with Gasteiger partial charge in [-0.15, -0.1) is 0 Å². The van der Waals surface area contributed by atoms with Crippen LogP contribution in [0.3, 0.4) is 0 Å². The first-order valence-corrected chi connectivity index (χ1v) is 6.49. The van der Waals surface area contributed by atoms with Crippen molar-refractivity contribution in [2.75, 3.05) is 26.3 Å². The van der Waals surface area contributed by atoms with E-state index in [9.17, 15) is 4.79 Å². The highest BCUT2D eigenvalue weighted by Crippen LogP contribution is 2.44. The molecule has 17 heavy (non-hydrogen) atoms. The number of hydrogen-bond donors (Lipinski definition) is 0. The van der Waals surface area contributed by atoms with Gasteiger partial charge in [0.05, 0.1) is 18.6 Å². The van der Waals surface area contributed by atoms with Crippen LogP contribution >= 0.6 is 0 Å². The molecule has 0 bridgehead atoms. The third-order valence-electron chi connectivity index (χ3n) is 4.01. The molecule has 1 atom stereocenters. The van der Waals surface area contributed by atoms with Crippen molar-refractivity contribution in [1.82, 2.24) is 4.90 Å². The van der Waals surface area contributed by atoms with Crippen LogP contribution in [0.2, 0.25) is 0 Å². The van der Waals surface area contributed by atoms with Gasteiger partial charge in [-0.05, 0) is 25.2 Å². The van der Waals surface area contributed by atoms with Gasteiger partial charge in [0.25, 0.3) is 0 Å². The van der Waals surface area contributed by atoms with E-state index in [2.05, 4.69) is 31.7 Å². The van der Waals surface area contributed by atoms with Crippen molar-refractivity contribution in [3.05, 3.63) is 11.8 Å². The van der Waals surface area contributed by atoms with Crippen molar-refractivity contribution in [2.24, 2.45) is 10.8 Å². The molecule has 3 nitrogen and oxygen atoms in total. The van der Waals surface area contributed by atoms with Gasteiger partial charge in [-0.2, -0.15) is 0 Å². The van der Waals surface area contributed by atoms with Crippen molar-refractivity contribution in [3.63, 3.8) is 0 Å². The zero-order valence-electron chi connectivity index (χ0n) is 11.2. The van der Waals surface area contributed by atoms with Gasteiger partial charge < -0.3 is 14.4 Å². The van der Waals surface area contributed by atoms with Crippen molar-refractivity contribution in [1.29, 1.82) is 0 Å². The first-order valence-electron chi connectivity index (χ1n) is 6.49. The lowest BCUT2D eigenvalue weighted by Gasteiger charge is -2.44. The largest absolute Gasteiger partial charge is 0.378 e. The maximum absolute atomic E-state index is 11.4. The topological polar surface area (TPSA) is 29.5 Å². The van der Waals surface area contributed by atoms with Crippen LogP contribution in [0.5, 0.6) is 0 Å². The normalized spacial score (nSPS) is 33.1. The summed E-state index contributed by atoms with van der Waals surface area (Å²) in [4.78, 5) is 13.8. The minimum Gasteiger partial charge on any atom is -0.378 e. The van der Waals surface area contributed by atoms with Crippen molar-refractivity contribution in [2.45, 2.75) is 33.6 Å². The number of carbonyl (C=O) groups excluding carboxylic acids is 1. The number of hydrogen-bond acceptors (Lipinski definition) is 3. The lowest BCUT2D eigenvalue weighted by molar-refractivity contribution is -0.116. The molecule has 0 radical (unpaired) electrons. The van der Waals surface area contributed by atoms with E-state index < -0.39 is 0 Å². The van der Waals surface area contributed by atoms with Gasteiger partial charge in [0, 0.05) is 18.8 Å². The number of ether oxygens (including phenoxy) is 1. The Labute approximate surface area is 104 Å². The van der Waals surface area contributed by atoms with Crippen molar-refractivity contribution in [3.8, 4) is 0 Å². The van der Waals surface area contributed by atoms with E-state index in [0.717, 1.165) is 45.4 Å². The van der Waals surface area contributed by atoms with Crippen LogP contribution in [-0.2, 0) is 9.53 Å². The first-order chi connectivity index (χ1) is 7.97. The molecule has 0 aromatic carbocycles. The lowest BCUT2D eigenvalue weighted by atomic mass is 9.69. The maximum atomic E-state index is 11.4. The van der Waals surface area contributed by atoms with E-state index in [4.69, 9.17) is 4.74 Å². The summed E-state index contributed by atoms with van der Waals surface area (Å²) in [5, 5.41) is 0. The highest BCUT2D eigenvalue weighted by Gasteiger charge is 2.39. The average Bonchev–Trinajstić information content (AvgIpc) is 2.34. The van der Waals surface area contributed by atoms with E-state index >= 15 is 0 Å². The Morgan fingerprint density at radius 2 is 1.88 bits per heavy atom. The maximum Gasteiger partial charge on any atom is 0.131 e. The number of carbonyl (C=O) groups is 1. The molecule has 3 heteroatoms. The summed E-state index contributed by atoms with van der Waals surface area (Å²) < 4.78 is 5.39. The molecule has 2 aliphatic rings. The average molecular weight is 237 g/mol. The fourth-order valence-electron chi connectivity index (χ4n) is 2.69. The summed E-state index contributed by atoms with van der Waals surface area (Å²) >= 11 is 0. The van der Waals surface area contributed by atoms with Gasteiger partial charge in [0.15, 0.2) is 0 Å². The molecular formula is C14H23NO2. The predicted octanol–water partition coefficient (Wildman–Crippen LogP) is 2.23. The van der Waals surface area contributed by atoms with Gasteiger partial charge in [0.1, 0.15) is 6.29 Å². The molecule has 0 aromatic rings. The van der Waals surface area contributed by atoms with Crippen molar-refractivity contribution < 1.29 is 9.53 Å². The standard InChI is InChI=1S/C14H23NO2/c1-13(2)4-5-14(3,11-16)12(10-13)15-6-8-17-9-7-15/h10-11H,4-9H2,1-3H3. The summed E-state index contributed by atoms with van der Waals surface area (Å²) in [5.41, 5.74) is 1.12. The second-order valence-corrected chi connectivity index (χ2v) is 6.15. The van der Waals surface area contributed by atoms with Crippen LogP contribution in [-0.4, -0.2) is 37.5 Å².